The summed E-state index contributed by atoms with van der Waals surface area (Å²) in [4.78, 5) is 0. The maximum atomic E-state index is 8.87. The van der Waals surface area contributed by atoms with Gasteiger partial charge in [0.2, 0.25) is 0 Å². The molecule has 0 aliphatic heterocycles. The van der Waals surface area contributed by atoms with Crippen LogP contribution in [-0.4, -0.2) is 0 Å². The number of nitriles is 1. The van der Waals surface area contributed by atoms with Gasteiger partial charge in [-0.15, -0.1) is 0 Å². The summed E-state index contributed by atoms with van der Waals surface area (Å²) in [7, 11) is 0. The molecule has 14 heavy (non-hydrogen) atoms. The lowest BCUT2D eigenvalue weighted by Crippen LogP contribution is -2.14. The van der Waals surface area contributed by atoms with Crippen molar-refractivity contribution in [2.45, 2.75) is 20.3 Å². The van der Waals surface area contributed by atoms with E-state index in [0.717, 1.165) is 6.42 Å². The summed E-state index contributed by atoms with van der Waals surface area (Å²) >= 11 is 0. The lowest BCUT2D eigenvalue weighted by Gasteiger charge is -2.19. The largest absolute Gasteiger partial charge is 0.397 e. The molecule has 74 valence electrons. The molecule has 0 saturated carbocycles. The minimum atomic E-state index is -0.174. The maximum Gasteiger partial charge on any atom is 0.0989 e. The van der Waals surface area contributed by atoms with Crippen LogP contribution < -0.4 is 11.5 Å². The van der Waals surface area contributed by atoms with Crippen LogP contribution in [0.5, 0.6) is 0 Å². The van der Waals surface area contributed by atoms with E-state index in [1.54, 1.807) is 6.08 Å². The van der Waals surface area contributed by atoms with Crippen LogP contribution in [0.1, 0.15) is 20.3 Å². The first-order chi connectivity index (χ1) is 6.50. The summed E-state index contributed by atoms with van der Waals surface area (Å²) in [5, 5.41) is 8.87. The van der Waals surface area contributed by atoms with E-state index in [4.69, 9.17) is 16.7 Å². The van der Waals surface area contributed by atoms with Crippen LogP contribution in [0, 0.1) is 16.7 Å². The van der Waals surface area contributed by atoms with E-state index in [0.29, 0.717) is 17.0 Å². The fraction of sp³-hybridized carbons (Fsp3) is 0.364. The van der Waals surface area contributed by atoms with E-state index < -0.39 is 0 Å². The van der Waals surface area contributed by atoms with Crippen molar-refractivity contribution in [3.63, 3.8) is 0 Å². The highest BCUT2D eigenvalue weighted by Crippen LogP contribution is 2.30. The predicted octanol–water partition coefficient (Wildman–Crippen LogP) is 1.55. The molecule has 0 bridgehead atoms. The molecule has 0 spiro atoms. The van der Waals surface area contributed by atoms with Gasteiger partial charge in [0.1, 0.15) is 0 Å². The first-order valence-electron chi connectivity index (χ1n) is 4.59. The highest BCUT2D eigenvalue weighted by Gasteiger charge is 2.20. The van der Waals surface area contributed by atoms with Crippen LogP contribution in [0.15, 0.2) is 35.2 Å². The highest BCUT2D eigenvalue weighted by molar-refractivity contribution is 5.45. The van der Waals surface area contributed by atoms with Crippen LogP contribution in [0.2, 0.25) is 0 Å². The zero-order valence-corrected chi connectivity index (χ0v) is 8.54. The van der Waals surface area contributed by atoms with Gasteiger partial charge < -0.3 is 11.5 Å². The molecular formula is C11H15N3. The third-order valence-electron chi connectivity index (χ3n) is 2.51. The maximum absolute atomic E-state index is 8.87. The summed E-state index contributed by atoms with van der Waals surface area (Å²) in [6, 6.07) is 2.10. The Labute approximate surface area is 84.4 Å². The van der Waals surface area contributed by atoms with E-state index in [2.05, 4.69) is 13.0 Å². The molecule has 1 rings (SSSR count). The summed E-state index contributed by atoms with van der Waals surface area (Å²) in [5.41, 5.74) is 12.9. The van der Waals surface area contributed by atoms with Crippen molar-refractivity contribution in [3.8, 4) is 6.07 Å². The molecule has 0 amide bonds. The smallest absolute Gasteiger partial charge is 0.0989 e. The Bertz CT molecular complexity index is 368. The van der Waals surface area contributed by atoms with E-state index in [1.807, 2.05) is 19.1 Å². The average molecular weight is 189 g/mol. The van der Waals surface area contributed by atoms with Gasteiger partial charge in [-0.05, 0) is 18.6 Å². The van der Waals surface area contributed by atoms with Crippen LogP contribution in [-0.2, 0) is 0 Å². The van der Waals surface area contributed by atoms with E-state index in [-0.39, 0.29) is 5.41 Å². The highest BCUT2D eigenvalue weighted by atomic mass is 14.7. The van der Waals surface area contributed by atoms with Gasteiger partial charge in [0.15, 0.2) is 0 Å². The van der Waals surface area contributed by atoms with Crippen molar-refractivity contribution >= 4 is 0 Å². The molecule has 0 aromatic rings. The predicted molar refractivity (Wildman–Crippen MR) is 56.6 cm³/mol. The molecule has 0 fully saturated rings. The number of nitrogens with two attached hydrogens (primary N) is 2. The van der Waals surface area contributed by atoms with Crippen LogP contribution in [0.3, 0.4) is 0 Å². The Morgan fingerprint density at radius 1 is 1.36 bits per heavy atom. The molecule has 0 aromatic heterocycles. The van der Waals surface area contributed by atoms with Gasteiger partial charge in [0.25, 0.3) is 0 Å². The minimum absolute atomic E-state index is 0.174. The lowest BCUT2D eigenvalue weighted by atomic mass is 9.85. The van der Waals surface area contributed by atoms with Crippen molar-refractivity contribution in [2.24, 2.45) is 16.9 Å². The van der Waals surface area contributed by atoms with Gasteiger partial charge in [-0.1, -0.05) is 19.9 Å². The zero-order valence-electron chi connectivity index (χ0n) is 8.54. The Morgan fingerprint density at radius 2 is 2.00 bits per heavy atom. The first kappa shape index (κ1) is 10.4. The molecule has 1 unspecified atom stereocenters. The van der Waals surface area contributed by atoms with Crippen molar-refractivity contribution in [1.29, 1.82) is 5.26 Å². The van der Waals surface area contributed by atoms with Crippen LogP contribution in [0.25, 0.3) is 0 Å². The Morgan fingerprint density at radius 3 is 2.50 bits per heavy atom. The molecule has 1 aliphatic carbocycles. The molecule has 0 aromatic carbocycles. The third kappa shape index (κ3) is 1.97. The fourth-order valence-corrected chi connectivity index (χ4v) is 1.40. The fourth-order valence-electron chi connectivity index (χ4n) is 1.40. The molecule has 4 N–H and O–H groups in total. The second-order valence-corrected chi connectivity index (χ2v) is 3.77. The molecule has 3 heteroatoms. The molecule has 0 saturated heterocycles. The minimum Gasteiger partial charge on any atom is -0.397 e. The molecular weight excluding hydrogens is 174 g/mol. The number of rotatable bonds is 1. The normalized spacial score (nSPS) is 26.8. The zero-order chi connectivity index (χ0) is 10.8. The number of hydrogen-bond acceptors (Lipinski definition) is 3. The van der Waals surface area contributed by atoms with Crippen LogP contribution in [0.4, 0.5) is 0 Å². The van der Waals surface area contributed by atoms with Gasteiger partial charge in [0.05, 0.1) is 23.0 Å². The lowest BCUT2D eigenvalue weighted by molar-refractivity contribution is 0.526. The van der Waals surface area contributed by atoms with E-state index in [9.17, 15) is 0 Å². The Kier molecular flexibility index (Phi) is 2.66. The quantitative estimate of drug-likeness (QED) is 0.657. The molecule has 1 aliphatic rings. The van der Waals surface area contributed by atoms with Crippen LogP contribution >= 0.6 is 0 Å². The monoisotopic (exact) mass is 189 g/mol. The second kappa shape index (κ2) is 3.59. The van der Waals surface area contributed by atoms with E-state index >= 15 is 0 Å². The van der Waals surface area contributed by atoms with Gasteiger partial charge in [0, 0.05) is 5.41 Å². The standard InChI is InChI=1S/C11H15N3/c1-3-11(2)5-8(7-12)4-9(13)10(14)6-11/h4-6H,3,13-14H2,1-2H3. The first-order valence-corrected chi connectivity index (χ1v) is 4.59. The van der Waals surface area contributed by atoms with Crippen molar-refractivity contribution in [1.82, 2.24) is 0 Å². The van der Waals surface area contributed by atoms with Crippen molar-refractivity contribution < 1.29 is 0 Å². The molecule has 3 nitrogen and oxygen atoms in total. The van der Waals surface area contributed by atoms with Gasteiger partial charge in [-0.3, -0.25) is 0 Å². The topological polar surface area (TPSA) is 75.8 Å². The average Bonchev–Trinajstić information content (AvgIpc) is 2.26. The Balaban J connectivity index is 3.24. The SMILES string of the molecule is CCC1(C)C=C(C#N)C=C(N)C(N)=C1. The molecule has 0 radical (unpaired) electrons. The van der Waals surface area contributed by atoms with Gasteiger partial charge >= 0.3 is 0 Å². The summed E-state index contributed by atoms with van der Waals surface area (Å²) in [5.74, 6) is 0. The second-order valence-electron chi connectivity index (χ2n) is 3.77. The number of nitrogens with zero attached hydrogens (tertiary/aromatic N) is 1. The summed E-state index contributed by atoms with van der Waals surface area (Å²) in [6.07, 6.45) is 6.32. The summed E-state index contributed by atoms with van der Waals surface area (Å²) < 4.78 is 0. The van der Waals surface area contributed by atoms with Gasteiger partial charge in [-0.2, -0.15) is 5.26 Å². The van der Waals surface area contributed by atoms with E-state index in [1.165, 1.54) is 0 Å². The number of hydrogen-bond donors (Lipinski definition) is 2. The number of allylic oxidation sites excluding steroid dienone is 4. The van der Waals surface area contributed by atoms with Gasteiger partial charge in [-0.25, -0.2) is 0 Å². The summed E-state index contributed by atoms with van der Waals surface area (Å²) in [6.45, 7) is 4.08. The molecule has 1 atom stereocenters. The Hall–Kier alpha value is -1.69. The molecule has 0 heterocycles. The third-order valence-corrected chi connectivity index (χ3v) is 2.51. The van der Waals surface area contributed by atoms with Crippen molar-refractivity contribution in [2.75, 3.05) is 0 Å². The van der Waals surface area contributed by atoms with Crippen molar-refractivity contribution in [3.05, 3.63) is 35.2 Å².